The standard InChI is InChI=1S/C25H29N9O2/c1-13-17(9-26)8-19(15(3)34-24-21(14(2)31-34)23(27)28-12-29-24)22(36-7)20(13)18-10-30-33(11-18)16(4)25(35)32(5)6/h8,10-12,15-16H,1-7H3,(H2,27,28,29). The molecule has 4 aromatic rings. The van der Waals surface area contributed by atoms with Crippen LogP contribution in [0.2, 0.25) is 0 Å². The summed E-state index contributed by atoms with van der Waals surface area (Å²) in [5.74, 6) is 0.878. The van der Waals surface area contributed by atoms with Gasteiger partial charge in [0.15, 0.2) is 5.65 Å². The molecule has 1 amide bonds. The molecule has 0 saturated carbocycles. The molecule has 0 spiro atoms. The average molecular weight is 488 g/mol. The van der Waals surface area contributed by atoms with Crippen molar-refractivity contribution in [1.29, 1.82) is 5.26 Å². The van der Waals surface area contributed by atoms with Gasteiger partial charge in [-0.2, -0.15) is 15.5 Å². The number of carbonyl (C=O) groups is 1. The number of nitrogens with two attached hydrogens (primary N) is 1. The van der Waals surface area contributed by atoms with Crippen LogP contribution < -0.4 is 10.5 Å². The summed E-state index contributed by atoms with van der Waals surface area (Å²) in [5, 5.41) is 19.8. The predicted octanol–water partition coefficient (Wildman–Crippen LogP) is 3.03. The highest BCUT2D eigenvalue weighted by atomic mass is 16.5. The van der Waals surface area contributed by atoms with Crippen molar-refractivity contribution < 1.29 is 9.53 Å². The normalized spacial score (nSPS) is 12.8. The summed E-state index contributed by atoms with van der Waals surface area (Å²) in [7, 11) is 5.01. The Morgan fingerprint density at radius 1 is 1.25 bits per heavy atom. The molecule has 11 heteroatoms. The van der Waals surface area contributed by atoms with Gasteiger partial charge in [0.1, 0.15) is 23.9 Å². The van der Waals surface area contributed by atoms with Gasteiger partial charge in [-0.25, -0.2) is 14.6 Å². The quantitative estimate of drug-likeness (QED) is 0.437. The topological polar surface area (TPSA) is 141 Å². The predicted molar refractivity (Wildman–Crippen MR) is 135 cm³/mol. The molecular weight excluding hydrogens is 458 g/mol. The number of aromatic nitrogens is 6. The number of rotatable bonds is 6. The number of fused-ring (bicyclic) bond motifs is 1. The fourth-order valence-electron chi connectivity index (χ4n) is 4.51. The van der Waals surface area contributed by atoms with Gasteiger partial charge in [-0.15, -0.1) is 0 Å². The van der Waals surface area contributed by atoms with Crippen molar-refractivity contribution in [2.45, 2.75) is 39.8 Å². The summed E-state index contributed by atoms with van der Waals surface area (Å²) in [5.41, 5.74) is 10.9. The number of amides is 1. The SMILES string of the molecule is COc1c(C(C)n2nc(C)c3c(N)ncnc32)cc(C#N)c(C)c1-c1cnn(C(C)C(=O)N(C)C)c1. The molecule has 1 aromatic carbocycles. The van der Waals surface area contributed by atoms with E-state index in [9.17, 15) is 10.1 Å². The first-order chi connectivity index (χ1) is 17.1. The maximum atomic E-state index is 12.5. The molecule has 36 heavy (non-hydrogen) atoms. The van der Waals surface area contributed by atoms with E-state index < -0.39 is 6.04 Å². The molecule has 0 aliphatic carbocycles. The van der Waals surface area contributed by atoms with E-state index in [4.69, 9.17) is 10.5 Å². The van der Waals surface area contributed by atoms with E-state index in [-0.39, 0.29) is 11.9 Å². The number of ether oxygens (including phenoxy) is 1. The van der Waals surface area contributed by atoms with E-state index >= 15 is 0 Å². The number of carbonyl (C=O) groups excluding carboxylic acids is 1. The van der Waals surface area contributed by atoms with Gasteiger partial charge < -0.3 is 15.4 Å². The highest BCUT2D eigenvalue weighted by Crippen LogP contribution is 2.42. The lowest BCUT2D eigenvalue weighted by Crippen LogP contribution is -2.30. The number of methoxy groups -OCH3 is 1. The van der Waals surface area contributed by atoms with Crippen LogP contribution >= 0.6 is 0 Å². The van der Waals surface area contributed by atoms with Gasteiger partial charge in [-0.1, -0.05) is 0 Å². The molecule has 11 nitrogen and oxygen atoms in total. The molecule has 2 N–H and O–H groups in total. The largest absolute Gasteiger partial charge is 0.496 e. The van der Waals surface area contributed by atoms with E-state index in [0.29, 0.717) is 33.9 Å². The lowest BCUT2D eigenvalue weighted by molar-refractivity contribution is -0.131. The van der Waals surface area contributed by atoms with Crippen LogP contribution in [0.5, 0.6) is 5.75 Å². The molecule has 3 aromatic heterocycles. The molecule has 0 aliphatic rings. The fraction of sp³-hybridized carbons (Fsp3) is 0.360. The third-order valence-electron chi connectivity index (χ3n) is 6.49. The summed E-state index contributed by atoms with van der Waals surface area (Å²) in [6, 6.07) is 3.29. The van der Waals surface area contributed by atoms with E-state index in [2.05, 4.69) is 26.2 Å². The second-order valence-electron chi connectivity index (χ2n) is 8.94. The first-order valence-electron chi connectivity index (χ1n) is 11.4. The molecule has 0 fully saturated rings. The number of nitriles is 1. The summed E-state index contributed by atoms with van der Waals surface area (Å²) in [4.78, 5) is 22.5. The minimum Gasteiger partial charge on any atom is -0.496 e. The van der Waals surface area contributed by atoms with Crippen LogP contribution in [0.1, 0.15) is 48.3 Å². The van der Waals surface area contributed by atoms with Crippen molar-refractivity contribution >= 4 is 22.8 Å². The van der Waals surface area contributed by atoms with Crippen LogP contribution in [0.4, 0.5) is 5.82 Å². The zero-order chi connectivity index (χ0) is 26.3. The number of likely N-dealkylation sites (N-methyl/N-ethyl adjacent to an activating group) is 1. The smallest absolute Gasteiger partial charge is 0.246 e. The lowest BCUT2D eigenvalue weighted by atomic mass is 9.91. The average Bonchev–Trinajstić information content (AvgIpc) is 3.47. The molecule has 186 valence electrons. The number of nitrogen functional groups attached to an aromatic ring is 1. The molecule has 4 rings (SSSR count). The van der Waals surface area contributed by atoms with Gasteiger partial charge in [0, 0.05) is 37.0 Å². The Labute approximate surface area is 209 Å². The molecule has 2 unspecified atom stereocenters. The Bertz CT molecular complexity index is 1510. The Morgan fingerprint density at radius 3 is 2.61 bits per heavy atom. The summed E-state index contributed by atoms with van der Waals surface area (Å²) < 4.78 is 9.31. The number of benzene rings is 1. The van der Waals surface area contributed by atoms with Crippen molar-refractivity contribution in [3.05, 3.63) is 47.2 Å². The molecule has 0 aliphatic heterocycles. The van der Waals surface area contributed by atoms with Gasteiger partial charge in [0.25, 0.3) is 0 Å². The van der Waals surface area contributed by atoms with Crippen molar-refractivity contribution in [2.75, 3.05) is 26.9 Å². The molecule has 2 atom stereocenters. The van der Waals surface area contributed by atoms with Crippen molar-refractivity contribution in [1.82, 2.24) is 34.4 Å². The number of anilines is 1. The Balaban J connectivity index is 1.91. The number of aryl methyl sites for hydroxylation is 1. The number of nitrogens with zero attached hydrogens (tertiary/aromatic N) is 8. The summed E-state index contributed by atoms with van der Waals surface area (Å²) in [6.45, 7) is 7.48. The van der Waals surface area contributed by atoms with Crippen molar-refractivity contribution in [3.63, 3.8) is 0 Å². The number of hydrogen-bond acceptors (Lipinski definition) is 8. The maximum absolute atomic E-state index is 12.5. The van der Waals surface area contributed by atoms with Gasteiger partial charge in [0.05, 0.1) is 42.1 Å². The molecule has 0 saturated heterocycles. The van der Waals surface area contributed by atoms with Crippen LogP contribution in [0.25, 0.3) is 22.2 Å². The number of hydrogen-bond donors (Lipinski definition) is 1. The van der Waals surface area contributed by atoms with Crippen LogP contribution in [0, 0.1) is 25.2 Å². The second-order valence-corrected chi connectivity index (χ2v) is 8.94. The van der Waals surface area contributed by atoms with E-state index in [0.717, 1.165) is 22.3 Å². The first-order valence-corrected chi connectivity index (χ1v) is 11.4. The Kier molecular flexibility index (Phi) is 6.37. The zero-order valence-corrected chi connectivity index (χ0v) is 21.4. The van der Waals surface area contributed by atoms with Gasteiger partial charge >= 0.3 is 0 Å². The van der Waals surface area contributed by atoms with Crippen molar-refractivity contribution in [2.24, 2.45) is 0 Å². The van der Waals surface area contributed by atoms with Gasteiger partial charge in [-0.05, 0) is 39.3 Å². The first kappa shape index (κ1) is 24.7. The minimum atomic E-state index is -0.485. The highest BCUT2D eigenvalue weighted by molar-refractivity contribution is 5.88. The fourth-order valence-corrected chi connectivity index (χ4v) is 4.51. The van der Waals surface area contributed by atoms with Crippen LogP contribution in [-0.2, 0) is 4.79 Å². The summed E-state index contributed by atoms with van der Waals surface area (Å²) in [6.07, 6.45) is 4.89. The van der Waals surface area contributed by atoms with Crippen LogP contribution in [0.3, 0.4) is 0 Å². The highest BCUT2D eigenvalue weighted by Gasteiger charge is 2.26. The van der Waals surface area contributed by atoms with E-state index in [1.807, 2.05) is 26.8 Å². The molecule has 3 heterocycles. The third kappa shape index (κ3) is 3.90. The third-order valence-corrected chi connectivity index (χ3v) is 6.49. The molecule has 0 bridgehead atoms. The van der Waals surface area contributed by atoms with Gasteiger partial charge in [-0.3, -0.25) is 9.48 Å². The molecular formula is C25H29N9O2. The lowest BCUT2D eigenvalue weighted by Gasteiger charge is -2.21. The van der Waals surface area contributed by atoms with Crippen LogP contribution in [-0.4, -0.2) is 61.5 Å². The molecule has 0 radical (unpaired) electrons. The monoisotopic (exact) mass is 487 g/mol. The van der Waals surface area contributed by atoms with Crippen LogP contribution in [0.15, 0.2) is 24.8 Å². The maximum Gasteiger partial charge on any atom is 0.246 e. The van der Waals surface area contributed by atoms with Crippen molar-refractivity contribution in [3.8, 4) is 22.9 Å². The zero-order valence-electron chi connectivity index (χ0n) is 21.4. The van der Waals surface area contributed by atoms with E-state index in [1.165, 1.54) is 11.2 Å². The van der Waals surface area contributed by atoms with Gasteiger partial charge in [0.2, 0.25) is 5.91 Å². The Hall–Kier alpha value is -4.46. The Morgan fingerprint density at radius 2 is 1.97 bits per heavy atom. The summed E-state index contributed by atoms with van der Waals surface area (Å²) >= 11 is 0. The van der Waals surface area contributed by atoms with E-state index in [1.54, 1.807) is 49.9 Å². The minimum absolute atomic E-state index is 0.0735. The second kappa shape index (κ2) is 9.30.